The zero-order valence-electron chi connectivity index (χ0n) is 7.54. The van der Waals surface area contributed by atoms with Crippen LogP contribution < -0.4 is 0 Å². The van der Waals surface area contributed by atoms with Crippen LogP contribution in [0.15, 0.2) is 36.6 Å². The molecule has 1 aromatic carbocycles. The normalized spacial score (nSPS) is 12.5. The van der Waals surface area contributed by atoms with E-state index in [1.165, 1.54) is 5.56 Å². The van der Waals surface area contributed by atoms with E-state index >= 15 is 0 Å². The molecule has 64 valence electrons. The van der Waals surface area contributed by atoms with E-state index in [4.69, 9.17) is 0 Å². The third-order valence-electron chi connectivity index (χ3n) is 2.04. The molecule has 0 aliphatic carbocycles. The van der Waals surface area contributed by atoms with Gasteiger partial charge in [-0.3, -0.25) is 0 Å². The van der Waals surface area contributed by atoms with Crippen molar-refractivity contribution in [2.75, 3.05) is 0 Å². The van der Waals surface area contributed by atoms with Crippen LogP contribution in [0.5, 0.6) is 0 Å². The Hall–Kier alpha value is -1.24. The standard InChI is InChI=1S/C11H14O/c1-8-5-4-6-11(7-8)9(2)10(3)12/h4-7,9,12H,3H2,1-2H3. The molecule has 1 heteroatoms. The molecule has 0 aromatic heterocycles. The van der Waals surface area contributed by atoms with Crippen molar-refractivity contribution in [2.24, 2.45) is 0 Å². The van der Waals surface area contributed by atoms with Gasteiger partial charge < -0.3 is 5.11 Å². The van der Waals surface area contributed by atoms with E-state index in [-0.39, 0.29) is 11.7 Å². The van der Waals surface area contributed by atoms with Crippen molar-refractivity contribution >= 4 is 0 Å². The number of hydrogen-bond acceptors (Lipinski definition) is 1. The van der Waals surface area contributed by atoms with Crippen LogP contribution in [-0.2, 0) is 0 Å². The Morgan fingerprint density at radius 3 is 2.67 bits per heavy atom. The van der Waals surface area contributed by atoms with Gasteiger partial charge in [-0.05, 0) is 12.5 Å². The highest BCUT2D eigenvalue weighted by Gasteiger charge is 2.07. The zero-order chi connectivity index (χ0) is 9.14. The predicted molar refractivity (Wildman–Crippen MR) is 51.4 cm³/mol. The second-order valence-electron chi connectivity index (χ2n) is 3.13. The van der Waals surface area contributed by atoms with Gasteiger partial charge in [-0.1, -0.05) is 43.3 Å². The summed E-state index contributed by atoms with van der Waals surface area (Å²) in [5, 5.41) is 9.17. The topological polar surface area (TPSA) is 20.2 Å². The van der Waals surface area contributed by atoms with Crippen molar-refractivity contribution in [1.29, 1.82) is 0 Å². The molecular formula is C11H14O. The Bertz CT molecular complexity index is 289. The molecule has 0 aliphatic rings. The third kappa shape index (κ3) is 1.88. The number of rotatable bonds is 2. The van der Waals surface area contributed by atoms with Gasteiger partial charge in [0.05, 0.1) is 5.76 Å². The number of aryl methyl sites for hydroxylation is 1. The van der Waals surface area contributed by atoms with E-state index in [9.17, 15) is 5.11 Å². The minimum absolute atomic E-state index is 0.0323. The van der Waals surface area contributed by atoms with Crippen molar-refractivity contribution in [2.45, 2.75) is 19.8 Å². The molecule has 1 unspecified atom stereocenters. The van der Waals surface area contributed by atoms with Gasteiger partial charge in [0.15, 0.2) is 0 Å². The lowest BCUT2D eigenvalue weighted by atomic mass is 9.98. The first-order valence-electron chi connectivity index (χ1n) is 4.05. The van der Waals surface area contributed by atoms with Crippen LogP contribution in [0.1, 0.15) is 24.0 Å². The number of aliphatic hydroxyl groups is 1. The van der Waals surface area contributed by atoms with Gasteiger partial charge in [-0.15, -0.1) is 0 Å². The molecule has 0 fully saturated rings. The lowest BCUT2D eigenvalue weighted by Gasteiger charge is -2.10. The summed E-state index contributed by atoms with van der Waals surface area (Å²) in [4.78, 5) is 0. The van der Waals surface area contributed by atoms with Crippen LogP contribution in [-0.4, -0.2) is 5.11 Å². The molecule has 0 spiro atoms. The monoisotopic (exact) mass is 162 g/mol. The summed E-state index contributed by atoms with van der Waals surface area (Å²) in [6.45, 7) is 7.50. The minimum Gasteiger partial charge on any atom is -0.512 e. The number of allylic oxidation sites excluding steroid dienone is 1. The molecule has 1 atom stereocenters. The molecule has 0 saturated carbocycles. The maximum Gasteiger partial charge on any atom is 0.0922 e. The van der Waals surface area contributed by atoms with E-state index in [0.717, 1.165) is 5.56 Å². The van der Waals surface area contributed by atoms with Crippen LogP contribution in [0.3, 0.4) is 0 Å². The van der Waals surface area contributed by atoms with Crippen LogP contribution in [0.2, 0.25) is 0 Å². The molecule has 0 aliphatic heterocycles. The van der Waals surface area contributed by atoms with Gasteiger partial charge >= 0.3 is 0 Å². The first-order valence-corrected chi connectivity index (χ1v) is 4.05. The summed E-state index contributed by atoms with van der Waals surface area (Å²) in [6, 6.07) is 8.09. The molecule has 0 saturated heterocycles. The first-order chi connectivity index (χ1) is 5.61. The van der Waals surface area contributed by atoms with Crippen LogP contribution in [0.25, 0.3) is 0 Å². The van der Waals surface area contributed by atoms with Crippen molar-refractivity contribution in [3.05, 3.63) is 47.7 Å². The fourth-order valence-corrected chi connectivity index (χ4v) is 1.13. The van der Waals surface area contributed by atoms with E-state index in [1.807, 2.05) is 32.0 Å². The van der Waals surface area contributed by atoms with E-state index < -0.39 is 0 Å². The van der Waals surface area contributed by atoms with Crippen LogP contribution in [0, 0.1) is 6.92 Å². The summed E-state index contributed by atoms with van der Waals surface area (Å²) in [6.07, 6.45) is 0. The molecule has 12 heavy (non-hydrogen) atoms. The van der Waals surface area contributed by atoms with Crippen molar-refractivity contribution in [1.82, 2.24) is 0 Å². The second-order valence-corrected chi connectivity index (χ2v) is 3.13. The fraction of sp³-hybridized carbons (Fsp3) is 0.273. The van der Waals surface area contributed by atoms with Crippen LogP contribution >= 0.6 is 0 Å². The maximum absolute atomic E-state index is 9.17. The van der Waals surface area contributed by atoms with E-state index in [2.05, 4.69) is 12.6 Å². The Morgan fingerprint density at radius 2 is 2.17 bits per heavy atom. The molecule has 1 aromatic rings. The molecule has 1 nitrogen and oxygen atoms in total. The highest BCUT2D eigenvalue weighted by Crippen LogP contribution is 2.20. The van der Waals surface area contributed by atoms with Crippen molar-refractivity contribution in [3.63, 3.8) is 0 Å². The van der Waals surface area contributed by atoms with Gasteiger partial charge in [-0.25, -0.2) is 0 Å². The summed E-state index contributed by atoms with van der Waals surface area (Å²) in [5.74, 6) is 0.255. The second kappa shape index (κ2) is 3.44. The molecule has 0 amide bonds. The average molecular weight is 162 g/mol. The summed E-state index contributed by atoms with van der Waals surface area (Å²) >= 11 is 0. The molecule has 1 rings (SSSR count). The number of benzene rings is 1. The zero-order valence-corrected chi connectivity index (χ0v) is 7.54. The Balaban J connectivity index is 2.95. The van der Waals surface area contributed by atoms with Gasteiger partial charge in [0.1, 0.15) is 0 Å². The highest BCUT2D eigenvalue weighted by molar-refractivity contribution is 5.28. The van der Waals surface area contributed by atoms with Crippen molar-refractivity contribution < 1.29 is 5.11 Å². The average Bonchev–Trinajstić information content (AvgIpc) is 2.03. The number of hydrogen-bond donors (Lipinski definition) is 1. The lowest BCUT2D eigenvalue weighted by molar-refractivity contribution is 0.378. The lowest BCUT2D eigenvalue weighted by Crippen LogP contribution is -1.95. The predicted octanol–water partition coefficient (Wildman–Crippen LogP) is 3.17. The Morgan fingerprint density at radius 1 is 1.50 bits per heavy atom. The summed E-state index contributed by atoms with van der Waals surface area (Å²) in [5.41, 5.74) is 2.32. The SMILES string of the molecule is C=C(O)C(C)c1cccc(C)c1. The van der Waals surface area contributed by atoms with E-state index in [0.29, 0.717) is 0 Å². The van der Waals surface area contributed by atoms with Gasteiger partial charge in [0, 0.05) is 5.92 Å². The molecule has 0 radical (unpaired) electrons. The fourth-order valence-electron chi connectivity index (χ4n) is 1.13. The van der Waals surface area contributed by atoms with Gasteiger partial charge in [0.25, 0.3) is 0 Å². The molecular weight excluding hydrogens is 148 g/mol. The quantitative estimate of drug-likeness (QED) is 0.662. The van der Waals surface area contributed by atoms with Crippen LogP contribution in [0.4, 0.5) is 0 Å². The summed E-state index contributed by atoms with van der Waals surface area (Å²) < 4.78 is 0. The van der Waals surface area contributed by atoms with Crippen molar-refractivity contribution in [3.8, 4) is 0 Å². The van der Waals surface area contributed by atoms with Gasteiger partial charge in [-0.2, -0.15) is 0 Å². The maximum atomic E-state index is 9.17. The smallest absolute Gasteiger partial charge is 0.0922 e. The van der Waals surface area contributed by atoms with E-state index in [1.54, 1.807) is 0 Å². The Labute approximate surface area is 73.4 Å². The first kappa shape index (κ1) is 8.85. The largest absolute Gasteiger partial charge is 0.512 e. The molecule has 0 heterocycles. The minimum atomic E-state index is 0.0323. The molecule has 0 bridgehead atoms. The highest BCUT2D eigenvalue weighted by atomic mass is 16.3. The third-order valence-corrected chi connectivity index (χ3v) is 2.04. The summed E-state index contributed by atoms with van der Waals surface area (Å²) in [7, 11) is 0. The molecule has 1 N–H and O–H groups in total. The number of aliphatic hydroxyl groups excluding tert-OH is 1. The Kier molecular flexibility index (Phi) is 2.54. The van der Waals surface area contributed by atoms with Gasteiger partial charge in [0.2, 0.25) is 0 Å².